The van der Waals surface area contributed by atoms with Crippen molar-refractivity contribution in [3.05, 3.63) is 29.3 Å². The van der Waals surface area contributed by atoms with Crippen molar-refractivity contribution in [3.63, 3.8) is 0 Å². The van der Waals surface area contributed by atoms with Gasteiger partial charge in [0.2, 0.25) is 0 Å². The highest BCUT2D eigenvalue weighted by Gasteiger charge is 2.06. The Labute approximate surface area is 115 Å². The fourth-order valence-corrected chi connectivity index (χ4v) is 1.70. The van der Waals surface area contributed by atoms with Crippen LogP contribution in [0.2, 0.25) is 0 Å². The van der Waals surface area contributed by atoms with Crippen molar-refractivity contribution < 1.29 is 9.53 Å². The summed E-state index contributed by atoms with van der Waals surface area (Å²) in [7, 11) is 0. The van der Waals surface area contributed by atoms with Gasteiger partial charge in [0, 0.05) is 18.7 Å². The Hall–Kier alpha value is -1.55. The SMILES string of the molecule is Cc1ccc(OCC(=O)NCCC(C)C)c(CN)c1. The quantitative estimate of drug-likeness (QED) is 0.791. The van der Waals surface area contributed by atoms with Gasteiger partial charge in [0.1, 0.15) is 5.75 Å². The molecule has 0 aliphatic rings. The first-order valence-electron chi connectivity index (χ1n) is 6.72. The van der Waals surface area contributed by atoms with Crippen LogP contribution in [0.3, 0.4) is 0 Å². The zero-order valence-corrected chi connectivity index (χ0v) is 12.0. The molecule has 0 fully saturated rings. The molecule has 0 spiro atoms. The van der Waals surface area contributed by atoms with Crippen LogP contribution >= 0.6 is 0 Å². The lowest BCUT2D eigenvalue weighted by atomic mass is 10.1. The Morgan fingerprint density at radius 3 is 2.79 bits per heavy atom. The number of carbonyl (C=O) groups excluding carboxylic acids is 1. The Kier molecular flexibility index (Phi) is 6.36. The summed E-state index contributed by atoms with van der Waals surface area (Å²) in [5.74, 6) is 1.18. The molecule has 0 radical (unpaired) electrons. The standard InChI is InChI=1S/C15H24N2O2/c1-11(2)6-7-17-15(18)10-19-14-5-4-12(3)8-13(14)9-16/h4-5,8,11H,6-7,9-10,16H2,1-3H3,(H,17,18). The smallest absolute Gasteiger partial charge is 0.257 e. The lowest BCUT2D eigenvalue weighted by Crippen LogP contribution is -2.30. The summed E-state index contributed by atoms with van der Waals surface area (Å²) in [5, 5.41) is 2.84. The molecule has 106 valence electrons. The third kappa shape index (κ3) is 5.75. The van der Waals surface area contributed by atoms with E-state index in [2.05, 4.69) is 19.2 Å². The van der Waals surface area contributed by atoms with E-state index in [0.29, 0.717) is 24.8 Å². The van der Waals surface area contributed by atoms with Gasteiger partial charge in [-0.1, -0.05) is 31.5 Å². The molecule has 1 aromatic carbocycles. The Morgan fingerprint density at radius 1 is 1.42 bits per heavy atom. The van der Waals surface area contributed by atoms with Crippen LogP contribution in [0.5, 0.6) is 5.75 Å². The average Bonchev–Trinajstić information content (AvgIpc) is 2.36. The third-order valence-corrected chi connectivity index (χ3v) is 2.84. The number of benzene rings is 1. The maximum atomic E-state index is 11.6. The number of carbonyl (C=O) groups is 1. The molecule has 1 aromatic rings. The van der Waals surface area contributed by atoms with Crippen LogP contribution in [0.15, 0.2) is 18.2 Å². The first-order chi connectivity index (χ1) is 9.02. The summed E-state index contributed by atoms with van der Waals surface area (Å²) in [6.07, 6.45) is 0.977. The summed E-state index contributed by atoms with van der Waals surface area (Å²) in [6, 6.07) is 5.79. The Balaban J connectivity index is 2.41. The molecular formula is C15H24N2O2. The van der Waals surface area contributed by atoms with Crippen molar-refractivity contribution in [1.29, 1.82) is 0 Å². The third-order valence-electron chi connectivity index (χ3n) is 2.84. The van der Waals surface area contributed by atoms with E-state index < -0.39 is 0 Å². The summed E-state index contributed by atoms with van der Waals surface area (Å²) in [6.45, 7) is 7.39. The predicted molar refractivity (Wildman–Crippen MR) is 77.0 cm³/mol. The molecular weight excluding hydrogens is 240 g/mol. The van der Waals surface area contributed by atoms with E-state index in [1.807, 2.05) is 25.1 Å². The molecule has 4 nitrogen and oxygen atoms in total. The Morgan fingerprint density at radius 2 is 2.16 bits per heavy atom. The minimum Gasteiger partial charge on any atom is -0.483 e. The molecule has 0 unspecified atom stereocenters. The summed E-state index contributed by atoms with van der Waals surface area (Å²) in [5.41, 5.74) is 7.72. The summed E-state index contributed by atoms with van der Waals surface area (Å²) < 4.78 is 5.51. The normalized spacial score (nSPS) is 10.6. The van der Waals surface area contributed by atoms with Gasteiger partial charge in [0.25, 0.3) is 5.91 Å². The van der Waals surface area contributed by atoms with Crippen molar-refractivity contribution in [2.24, 2.45) is 11.7 Å². The van der Waals surface area contributed by atoms with E-state index >= 15 is 0 Å². The summed E-state index contributed by atoms with van der Waals surface area (Å²) in [4.78, 5) is 11.6. The van der Waals surface area contributed by atoms with Gasteiger partial charge in [-0.15, -0.1) is 0 Å². The van der Waals surface area contributed by atoms with Gasteiger partial charge < -0.3 is 15.8 Å². The van der Waals surface area contributed by atoms with Gasteiger partial charge in [0.15, 0.2) is 6.61 Å². The number of rotatable bonds is 7. The monoisotopic (exact) mass is 264 g/mol. The first kappa shape index (κ1) is 15.5. The van der Waals surface area contributed by atoms with Crippen molar-refractivity contribution in [3.8, 4) is 5.75 Å². The average molecular weight is 264 g/mol. The number of hydrogen-bond acceptors (Lipinski definition) is 3. The van der Waals surface area contributed by atoms with Crippen molar-refractivity contribution in [2.75, 3.05) is 13.2 Å². The molecule has 1 amide bonds. The second-order valence-electron chi connectivity index (χ2n) is 5.14. The van der Waals surface area contributed by atoms with Gasteiger partial charge in [-0.2, -0.15) is 0 Å². The largest absolute Gasteiger partial charge is 0.483 e. The van der Waals surface area contributed by atoms with E-state index in [4.69, 9.17) is 10.5 Å². The molecule has 0 saturated heterocycles. The maximum Gasteiger partial charge on any atom is 0.257 e. The summed E-state index contributed by atoms with van der Waals surface area (Å²) >= 11 is 0. The van der Waals surface area contributed by atoms with Crippen molar-refractivity contribution in [1.82, 2.24) is 5.32 Å². The predicted octanol–water partition coefficient (Wildman–Crippen LogP) is 1.99. The van der Waals surface area contributed by atoms with E-state index in [9.17, 15) is 4.79 Å². The van der Waals surface area contributed by atoms with Gasteiger partial charge in [0.05, 0.1) is 0 Å². The molecule has 0 aliphatic heterocycles. The molecule has 1 rings (SSSR count). The number of amides is 1. The topological polar surface area (TPSA) is 64.3 Å². The van der Waals surface area contributed by atoms with Crippen molar-refractivity contribution >= 4 is 5.91 Å². The zero-order chi connectivity index (χ0) is 14.3. The van der Waals surface area contributed by atoms with Gasteiger partial charge in [-0.3, -0.25) is 4.79 Å². The lowest BCUT2D eigenvalue weighted by molar-refractivity contribution is -0.123. The van der Waals surface area contributed by atoms with Gasteiger partial charge in [-0.25, -0.2) is 0 Å². The molecule has 0 aliphatic carbocycles. The van der Waals surface area contributed by atoms with Crippen molar-refractivity contribution in [2.45, 2.75) is 33.7 Å². The molecule has 0 bridgehead atoms. The highest BCUT2D eigenvalue weighted by Crippen LogP contribution is 2.19. The van der Waals surface area contributed by atoms with Crippen LogP contribution in [-0.2, 0) is 11.3 Å². The highest BCUT2D eigenvalue weighted by molar-refractivity contribution is 5.77. The highest BCUT2D eigenvalue weighted by atomic mass is 16.5. The molecule has 0 aromatic heterocycles. The zero-order valence-electron chi connectivity index (χ0n) is 12.0. The first-order valence-corrected chi connectivity index (χ1v) is 6.72. The van der Waals surface area contributed by atoms with Crippen LogP contribution in [0.1, 0.15) is 31.4 Å². The Bertz CT molecular complexity index is 417. The number of hydrogen-bond donors (Lipinski definition) is 2. The second-order valence-corrected chi connectivity index (χ2v) is 5.14. The molecule has 4 heteroatoms. The van der Waals surface area contributed by atoms with E-state index in [1.54, 1.807) is 0 Å². The molecule has 0 atom stereocenters. The number of nitrogens with one attached hydrogen (secondary N) is 1. The maximum absolute atomic E-state index is 11.6. The lowest BCUT2D eigenvalue weighted by Gasteiger charge is -2.11. The van der Waals surface area contributed by atoms with Gasteiger partial charge >= 0.3 is 0 Å². The van der Waals surface area contributed by atoms with Crippen LogP contribution < -0.4 is 15.8 Å². The van der Waals surface area contributed by atoms with E-state index in [0.717, 1.165) is 17.5 Å². The second kappa shape index (κ2) is 7.79. The van der Waals surface area contributed by atoms with Crippen LogP contribution in [-0.4, -0.2) is 19.1 Å². The number of aryl methyl sites for hydroxylation is 1. The van der Waals surface area contributed by atoms with Crippen LogP contribution in [0.25, 0.3) is 0 Å². The number of nitrogens with two attached hydrogens (primary N) is 1. The molecule has 19 heavy (non-hydrogen) atoms. The molecule has 3 N–H and O–H groups in total. The minimum atomic E-state index is -0.0933. The van der Waals surface area contributed by atoms with E-state index in [1.165, 1.54) is 0 Å². The van der Waals surface area contributed by atoms with E-state index in [-0.39, 0.29) is 12.5 Å². The number of ether oxygens (including phenoxy) is 1. The van der Waals surface area contributed by atoms with Crippen LogP contribution in [0, 0.1) is 12.8 Å². The fraction of sp³-hybridized carbons (Fsp3) is 0.533. The molecule has 0 heterocycles. The van der Waals surface area contributed by atoms with Crippen LogP contribution in [0.4, 0.5) is 0 Å². The fourth-order valence-electron chi connectivity index (χ4n) is 1.70. The molecule has 0 saturated carbocycles. The van der Waals surface area contributed by atoms with Gasteiger partial charge in [-0.05, 0) is 25.3 Å². The minimum absolute atomic E-state index is 0.0359.